The Morgan fingerprint density at radius 1 is 1.15 bits per heavy atom. The van der Waals surface area contributed by atoms with E-state index in [2.05, 4.69) is 5.32 Å². The maximum atomic E-state index is 14.5. The van der Waals surface area contributed by atoms with Crippen LogP contribution in [0.1, 0.15) is 61.7 Å². The van der Waals surface area contributed by atoms with Crippen LogP contribution >= 0.6 is 0 Å². The first-order valence-electron chi connectivity index (χ1n) is 9.13. The molecule has 0 aliphatic carbocycles. The Kier molecular flexibility index (Phi) is 6.54. The third-order valence-electron chi connectivity index (χ3n) is 4.60. The molecule has 0 saturated carbocycles. The minimum Gasteiger partial charge on any atom is -0.388 e. The van der Waals surface area contributed by atoms with E-state index in [1.807, 2.05) is 40.7 Å². The van der Waals surface area contributed by atoms with Gasteiger partial charge in [-0.15, -0.1) is 0 Å². The van der Waals surface area contributed by atoms with Gasteiger partial charge in [-0.2, -0.15) is 0 Å². The molecule has 2 atom stereocenters. The molecule has 26 heavy (non-hydrogen) atoms. The first-order valence-corrected chi connectivity index (χ1v) is 9.13. The van der Waals surface area contributed by atoms with Gasteiger partial charge in [-0.3, -0.25) is 4.79 Å². The standard InChI is InChI=1S/C22H28FNO2/c1-6-15(5)21(25)17-10-16(19-8-7-14(4)9-20(19)23)11-18(12-17)22(26)24-13(2)3/h7-13,15,21,25H,6H2,1-5H3,(H,24,26). The second kappa shape index (κ2) is 8.45. The summed E-state index contributed by atoms with van der Waals surface area (Å²) in [6, 6.07) is 10.2. The number of carbonyl (C=O) groups excluding carboxylic acids is 1. The molecule has 2 rings (SSSR count). The lowest BCUT2D eigenvalue weighted by Crippen LogP contribution is -2.30. The summed E-state index contributed by atoms with van der Waals surface area (Å²) in [5.74, 6) is -0.531. The number of nitrogens with one attached hydrogen (secondary N) is 1. The first kappa shape index (κ1) is 20.1. The average Bonchev–Trinajstić information content (AvgIpc) is 2.59. The summed E-state index contributed by atoms with van der Waals surface area (Å²) in [4.78, 5) is 12.5. The Balaban J connectivity index is 2.57. The molecular formula is C22H28FNO2. The summed E-state index contributed by atoms with van der Waals surface area (Å²) in [5, 5.41) is 13.5. The van der Waals surface area contributed by atoms with Crippen molar-refractivity contribution in [1.29, 1.82) is 0 Å². The summed E-state index contributed by atoms with van der Waals surface area (Å²) in [7, 11) is 0. The fourth-order valence-electron chi connectivity index (χ4n) is 2.86. The van der Waals surface area contributed by atoms with E-state index in [1.165, 1.54) is 6.07 Å². The monoisotopic (exact) mass is 357 g/mol. The lowest BCUT2D eigenvalue weighted by Gasteiger charge is -2.20. The normalized spacial score (nSPS) is 13.5. The van der Waals surface area contributed by atoms with Gasteiger partial charge in [-0.1, -0.05) is 32.4 Å². The van der Waals surface area contributed by atoms with Gasteiger partial charge in [0.05, 0.1) is 6.10 Å². The summed E-state index contributed by atoms with van der Waals surface area (Å²) in [5.41, 5.74) is 2.91. The number of aliphatic hydroxyl groups is 1. The van der Waals surface area contributed by atoms with Gasteiger partial charge < -0.3 is 10.4 Å². The van der Waals surface area contributed by atoms with Crippen molar-refractivity contribution in [2.24, 2.45) is 5.92 Å². The summed E-state index contributed by atoms with van der Waals surface area (Å²) in [6.07, 6.45) is 0.0942. The highest BCUT2D eigenvalue weighted by atomic mass is 19.1. The number of rotatable bonds is 6. The summed E-state index contributed by atoms with van der Waals surface area (Å²) >= 11 is 0. The van der Waals surface area contributed by atoms with Gasteiger partial charge >= 0.3 is 0 Å². The van der Waals surface area contributed by atoms with Crippen LogP contribution in [-0.2, 0) is 0 Å². The molecule has 0 bridgehead atoms. The maximum absolute atomic E-state index is 14.5. The molecule has 2 unspecified atom stereocenters. The number of amides is 1. The number of hydrogen-bond acceptors (Lipinski definition) is 2. The van der Waals surface area contributed by atoms with Crippen LogP contribution in [0.5, 0.6) is 0 Å². The number of carbonyl (C=O) groups is 1. The van der Waals surface area contributed by atoms with Crippen LogP contribution in [0.25, 0.3) is 11.1 Å². The quantitative estimate of drug-likeness (QED) is 0.763. The lowest BCUT2D eigenvalue weighted by atomic mass is 9.90. The van der Waals surface area contributed by atoms with Gasteiger partial charge in [0.1, 0.15) is 5.82 Å². The first-order chi connectivity index (χ1) is 12.2. The Bertz CT molecular complexity index is 786. The summed E-state index contributed by atoms with van der Waals surface area (Å²) < 4.78 is 14.5. The van der Waals surface area contributed by atoms with Crippen LogP contribution in [0.4, 0.5) is 4.39 Å². The molecule has 140 valence electrons. The van der Waals surface area contributed by atoms with Crippen molar-refractivity contribution in [2.45, 2.75) is 53.2 Å². The SMILES string of the molecule is CCC(C)C(O)c1cc(C(=O)NC(C)C)cc(-c2ccc(C)cc2F)c1. The van der Waals surface area contributed by atoms with Gasteiger partial charge in [-0.25, -0.2) is 4.39 Å². The molecule has 0 radical (unpaired) electrons. The molecule has 0 aliphatic rings. The Morgan fingerprint density at radius 3 is 2.42 bits per heavy atom. The fourth-order valence-corrected chi connectivity index (χ4v) is 2.86. The zero-order valence-electron chi connectivity index (χ0n) is 16.1. The zero-order chi connectivity index (χ0) is 19.4. The molecule has 0 heterocycles. The highest BCUT2D eigenvalue weighted by Crippen LogP contribution is 2.31. The van der Waals surface area contributed by atoms with Crippen molar-refractivity contribution in [3.63, 3.8) is 0 Å². The van der Waals surface area contributed by atoms with Gasteiger partial charge in [0, 0.05) is 17.2 Å². The molecule has 2 N–H and O–H groups in total. The van der Waals surface area contributed by atoms with Crippen LogP contribution in [0.2, 0.25) is 0 Å². The Morgan fingerprint density at radius 2 is 1.85 bits per heavy atom. The molecule has 0 saturated heterocycles. The lowest BCUT2D eigenvalue weighted by molar-refractivity contribution is 0.0941. The van der Waals surface area contributed by atoms with E-state index in [0.717, 1.165) is 12.0 Å². The maximum Gasteiger partial charge on any atom is 0.251 e. The van der Waals surface area contributed by atoms with Crippen molar-refractivity contribution in [3.8, 4) is 11.1 Å². The van der Waals surface area contributed by atoms with E-state index >= 15 is 0 Å². The highest BCUT2D eigenvalue weighted by Gasteiger charge is 2.19. The van der Waals surface area contributed by atoms with Crippen molar-refractivity contribution < 1.29 is 14.3 Å². The van der Waals surface area contributed by atoms with Crippen LogP contribution < -0.4 is 5.32 Å². The van der Waals surface area contributed by atoms with E-state index < -0.39 is 6.10 Å². The van der Waals surface area contributed by atoms with E-state index in [0.29, 0.717) is 22.3 Å². The predicted octanol–water partition coefficient (Wildman–Crippen LogP) is 5.02. The van der Waals surface area contributed by atoms with Crippen molar-refractivity contribution in [3.05, 3.63) is 58.9 Å². The third-order valence-corrected chi connectivity index (χ3v) is 4.60. The molecule has 0 aromatic heterocycles. The predicted molar refractivity (Wildman–Crippen MR) is 104 cm³/mol. The fraction of sp³-hybridized carbons (Fsp3) is 0.409. The van der Waals surface area contributed by atoms with E-state index in [1.54, 1.807) is 24.3 Å². The second-order valence-corrected chi connectivity index (χ2v) is 7.29. The van der Waals surface area contributed by atoms with Crippen LogP contribution in [0, 0.1) is 18.7 Å². The molecule has 1 amide bonds. The average molecular weight is 357 g/mol. The number of halogens is 1. The summed E-state index contributed by atoms with van der Waals surface area (Å²) in [6.45, 7) is 9.56. The highest BCUT2D eigenvalue weighted by molar-refractivity contribution is 5.96. The number of aryl methyl sites for hydroxylation is 1. The molecular weight excluding hydrogens is 329 g/mol. The van der Waals surface area contributed by atoms with Crippen LogP contribution in [0.3, 0.4) is 0 Å². The van der Waals surface area contributed by atoms with Crippen molar-refractivity contribution in [1.82, 2.24) is 5.32 Å². The molecule has 2 aromatic rings. The largest absolute Gasteiger partial charge is 0.388 e. The van der Waals surface area contributed by atoms with Crippen molar-refractivity contribution >= 4 is 5.91 Å². The van der Waals surface area contributed by atoms with Crippen molar-refractivity contribution in [2.75, 3.05) is 0 Å². The van der Waals surface area contributed by atoms with Gasteiger partial charge in [0.25, 0.3) is 5.91 Å². The molecule has 0 fully saturated rings. The van der Waals surface area contributed by atoms with E-state index in [9.17, 15) is 14.3 Å². The third kappa shape index (κ3) is 4.70. The molecule has 0 spiro atoms. The minimum absolute atomic E-state index is 0.00907. The number of aliphatic hydroxyl groups excluding tert-OH is 1. The Labute approximate surface area is 155 Å². The van der Waals surface area contributed by atoms with Crippen LogP contribution in [-0.4, -0.2) is 17.1 Å². The Hall–Kier alpha value is -2.20. The van der Waals surface area contributed by atoms with Gasteiger partial charge in [-0.05, 0) is 67.6 Å². The molecule has 2 aromatic carbocycles. The van der Waals surface area contributed by atoms with Gasteiger partial charge in [0.2, 0.25) is 0 Å². The smallest absolute Gasteiger partial charge is 0.251 e. The molecule has 3 nitrogen and oxygen atoms in total. The van der Waals surface area contributed by atoms with E-state index in [4.69, 9.17) is 0 Å². The minimum atomic E-state index is -0.709. The number of hydrogen-bond donors (Lipinski definition) is 2. The van der Waals surface area contributed by atoms with Crippen LogP contribution in [0.15, 0.2) is 36.4 Å². The van der Waals surface area contributed by atoms with Gasteiger partial charge in [0.15, 0.2) is 0 Å². The van der Waals surface area contributed by atoms with E-state index in [-0.39, 0.29) is 23.7 Å². The molecule has 4 heteroatoms. The number of benzene rings is 2. The second-order valence-electron chi connectivity index (χ2n) is 7.29. The zero-order valence-corrected chi connectivity index (χ0v) is 16.1. The molecule has 0 aliphatic heterocycles. The topological polar surface area (TPSA) is 49.3 Å².